The molecule has 1 atom stereocenters. The number of aromatic nitrogens is 5. The second-order valence-corrected chi connectivity index (χ2v) is 7.64. The molecule has 2 aromatic heterocycles. The molecule has 0 saturated carbocycles. The smallest absolute Gasteiger partial charge is 0.239 e. The van der Waals surface area contributed by atoms with Gasteiger partial charge in [0.05, 0.1) is 5.25 Å². The molecule has 0 saturated heterocycles. The Balaban J connectivity index is 2.16. The summed E-state index contributed by atoms with van der Waals surface area (Å²) in [6.07, 6.45) is 0. The van der Waals surface area contributed by atoms with E-state index in [1.165, 1.54) is 16.4 Å². The van der Waals surface area contributed by atoms with Gasteiger partial charge in [0.1, 0.15) is 0 Å². The highest BCUT2D eigenvalue weighted by molar-refractivity contribution is 7.99. The van der Waals surface area contributed by atoms with Crippen LogP contribution in [0, 0.1) is 0 Å². The molecule has 0 aliphatic heterocycles. The lowest BCUT2D eigenvalue weighted by Gasteiger charge is -2.16. The molecule has 0 radical (unpaired) electrons. The van der Waals surface area contributed by atoms with E-state index in [1.54, 1.807) is 0 Å². The van der Waals surface area contributed by atoms with Gasteiger partial charge < -0.3 is 10.4 Å². The molecular weight excluding hydrogens is 288 g/mol. The fourth-order valence-electron chi connectivity index (χ4n) is 1.72. The van der Waals surface area contributed by atoms with Gasteiger partial charge in [-0.2, -0.15) is 4.98 Å². The Hall–Kier alpha value is -1.57. The zero-order valence-electron chi connectivity index (χ0n) is 13.3. The SMILES string of the molecule is CC(C)c1noc(C(C)Sc2nnc(C(C)(C)C)n2N)n1. The molecule has 0 spiro atoms. The first-order valence-corrected chi connectivity index (χ1v) is 7.79. The molecule has 0 aliphatic carbocycles. The van der Waals surface area contributed by atoms with Gasteiger partial charge in [0.15, 0.2) is 11.6 Å². The number of rotatable bonds is 4. The van der Waals surface area contributed by atoms with Crippen LogP contribution in [0.5, 0.6) is 0 Å². The average molecular weight is 310 g/mol. The minimum Gasteiger partial charge on any atom is -0.338 e. The van der Waals surface area contributed by atoms with E-state index in [1.807, 2.05) is 41.5 Å². The van der Waals surface area contributed by atoms with E-state index in [0.717, 1.165) is 5.82 Å². The van der Waals surface area contributed by atoms with Crippen LogP contribution in [0.25, 0.3) is 0 Å². The van der Waals surface area contributed by atoms with Crippen molar-refractivity contribution in [2.75, 3.05) is 5.84 Å². The maximum absolute atomic E-state index is 6.07. The van der Waals surface area contributed by atoms with Crippen molar-refractivity contribution in [3.8, 4) is 0 Å². The standard InChI is InChI=1S/C13H22N6OS/c1-7(2)9-15-10(20-18-9)8(3)21-12-17-16-11(19(12)14)13(4,5)6/h7-8H,14H2,1-6H3. The Bertz CT molecular complexity index is 612. The third kappa shape index (κ3) is 3.37. The summed E-state index contributed by atoms with van der Waals surface area (Å²) in [5.41, 5.74) is -0.154. The highest BCUT2D eigenvalue weighted by Crippen LogP contribution is 2.34. The van der Waals surface area contributed by atoms with E-state index >= 15 is 0 Å². The molecule has 0 fully saturated rings. The van der Waals surface area contributed by atoms with E-state index in [-0.39, 0.29) is 16.6 Å². The van der Waals surface area contributed by atoms with Gasteiger partial charge in [-0.1, -0.05) is 51.5 Å². The van der Waals surface area contributed by atoms with E-state index in [4.69, 9.17) is 10.4 Å². The van der Waals surface area contributed by atoms with Gasteiger partial charge in [-0.3, -0.25) is 0 Å². The van der Waals surface area contributed by atoms with Crippen LogP contribution >= 0.6 is 11.8 Å². The zero-order chi connectivity index (χ0) is 15.8. The molecule has 0 aliphatic rings. The highest BCUT2D eigenvalue weighted by Gasteiger charge is 2.25. The number of nitrogens with zero attached hydrogens (tertiary/aromatic N) is 5. The molecule has 8 heteroatoms. The molecule has 0 amide bonds. The van der Waals surface area contributed by atoms with Crippen LogP contribution in [-0.4, -0.2) is 25.0 Å². The van der Waals surface area contributed by atoms with Gasteiger partial charge in [0, 0.05) is 11.3 Å². The van der Waals surface area contributed by atoms with Gasteiger partial charge in [0.25, 0.3) is 0 Å². The maximum Gasteiger partial charge on any atom is 0.239 e. The van der Waals surface area contributed by atoms with Crippen molar-refractivity contribution in [2.24, 2.45) is 0 Å². The largest absolute Gasteiger partial charge is 0.338 e. The fraction of sp³-hybridized carbons (Fsp3) is 0.692. The van der Waals surface area contributed by atoms with Crippen LogP contribution in [0.1, 0.15) is 70.2 Å². The second kappa shape index (κ2) is 5.67. The minimum atomic E-state index is -0.154. The Morgan fingerprint density at radius 3 is 2.33 bits per heavy atom. The summed E-state index contributed by atoms with van der Waals surface area (Å²) in [7, 11) is 0. The van der Waals surface area contributed by atoms with E-state index in [2.05, 4.69) is 20.3 Å². The summed E-state index contributed by atoms with van der Waals surface area (Å²) in [6, 6.07) is 0. The van der Waals surface area contributed by atoms with Gasteiger partial charge in [-0.25, -0.2) is 4.68 Å². The normalized spacial score (nSPS) is 13.9. The van der Waals surface area contributed by atoms with Crippen LogP contribution in [0.3, 0.4) is 0 Å². The number of hydrogen-bond acceptors (Lipinski definition) is 7. The molecule has 116 valence electrons. The number of hydrogen-bond donors (Lipinski definition) is 1. The first-order valence-electron chi connectivity index (χ1n) is 6.91. The van der Waals surface area contributed by atoms with Crippen LogP contribution < -0.4 is 5.84 Å². The summed E-state index contributed by atoms with van der Waals surface area (Å²) >= 11 is 1.45. The molecule has 0 aromatic carbocycles. The zero-order valence-corrected chi connectivity index (χ0v) is 14.1. The predicted molar refractivity (Wildman–Crippen MR) is 81.5 cm³/mol. The Labute approximate surface area is 128 Å². The molecule has 1 unspecified atom stereocenters. The second-order valence-electron chi connectivity index (χ2n) is 6.33. The Kier molecular flexibility index (Phi) is 4.27. The fourth-order valence-corrected chi connectivity index (χ4v) is 2.52. The van der Waals surface area contributed by atoms with Crippen LogP contribution in [-0.2, 0) is 5.41 Å². The van der Waals surface area contributed by atoms with Crippen molar-refractivity contribution in [2.45, 2.75) is 63.3 Å². The third-order valence-corrected chi connectivity index (χ3v) is 3.98. The van der Waals surface area contributed by atoms with Crippen molar-refractivity contribution in [3.63, 3.8) is 0 Å². The third-order valence-electron chi connectivity index (χ3n) is 2.94. The number of nitrogens with two attached hydrogens (primary N) is 1. The van der Waals surface area contributed by atoms with Crippen molar-refractivity contribution in [1.29, 1.82) is 0 Å². The maximum atomic E-state index is 6.07. The first kappa shape index (κ1) is 15.8. The lowest BCUT2D eigenvalue weighted by molar-refractivity contribution is 0.373. The summed E-state index contributed by atoms with van der Waals surface area (Å²) < 4.78 is 6.82. The van der Waals surface area contributed by atoms with Crippen LogP contribution in [0.15, 0.2) is 9.68 Å². The minimum absolute atomic E-state index is 0.0377. The van der Waals surface area contributed by atoms with Crippen molar-refractivity contribution in [3.05, 3.63) is 17.5 Å². The summed E-state index contributed by atoms with van der Waals surface area (Å²) in [4.78, 5) is 4.39. The molecule has 0 bridgehead atoms. The molecule has 2 heterocycles. The average Bonchev–Trinajstić information content (AvgIpc) is 2.96. The van der Waals surface area contributed by atoms with Gasteiger partial charge in [-0.15, -0.1) is 10.2 Å². The van der Waals surface area contributed by atoms with Gasteiger partial charge in [-0.05, 0) is 6.92 Å². The number of nitrogen functional groups attached to an aromatic ring is 1. The molecule has 2 N–H and O–H groups in total. The molecule has 2 rings (SSSR count). The van der Waals surface area contributed by atoms with E-state index < -0.39 is 0 Å². The van der Waals surface area contributed by atoms with Crippen molar-refractivity contribution in [1.82, 2.24) is 25.0 Å². The summed E-state index contributed by atoms with van der Waals surface area (Å²) in [6.45, 7) is 12.2. The molecule has 7 nitrogen and oxygen atoms in total. The Morgan fingerprint density at radius 1 is 1.19 bits per heavy atom. The lowest BCUT2D eigenvalue weighted by Crippen LogP contribution is -2.24. The van der Waals surface area contributed by atoms with Crippen molar-refractivity contribution < 1.29 is 4.52 Å². The topological polar surface area (TPSA) is 95.7 Å². The highest BCUT2D eigenvalue weighted by atomic mass is 32.2. The molecular formula is C13H22N6OS. The first-order chi connectivity index (χ1) is 9.70. The lowest BCUT2D eigenvalue weighted by atomic mass is 9.96. The van der Waals surface area contributed by atoms with Crippen LogP contribution in [0.2, 0.25) is 0 Å². The quantitative estimate of drug-likeness (QED) is 0.685. The molecule has 2 aromatic rings. The monoisotopic (exact) mass is 310 g/mol. The summed E-state index contributed by atoms with van der Waals surface area (Å²) in [5, 5.41) is 12.9. The number of thioether (sulfide) groups is 1. The Morgan fingerprint density at radius 2 is 1.86 bits per heavy atom. The molecule has 21 heavy (non-hydrogen) atoms. The van der Waals surface area contributed by atoms with Gasteiger partial charge in [0.2, 0.25) is 11.0 Å². The van der Waals surface area contributed by atoms with Gasteiger partial charge >= 0.3 is 0 Å². The summed E-state index contributed by atoms with van der Waals surface area (Å²) in [5.74, 6) is 8.34. The van der Waals surface area contributed by atoms with E-state index in [0.29, 0.717) is 16.9 Å². The van der Waals surface area contributed by atoms with E-state index in [9.17, 15) is 0 Å². The van der Waals surface area contributed by atoms with Crippen LogP contribution in [0.4, 0.5) is 0 Å². The van der Waals surface area contributed by atoms with Crippen molar-refractivity contribution >= 4 is 11.8 Å². The predicted octanol–water partition coefficient (Wildman–Crippen LogP) is 2.65.